The Morgan fingerprint density at radius 1 is 1.15 bits per heavy atom. The number of amides is 2. The van der Waals surface area contributed by atoms with Crippen LogP contribution in [0.15, 0.2) is 42.6 Å². The van der Waals surface area contributed by atoms with Gasteiger partial charge in [-0.3, -0.25) is 14.0 Å². The fraction of sp³-hybridized carbons (Fsp3) is 0.211. The maximum absolute atomic E-state index is 13.8. The Bertz CT molecular complexity index is 1010. The van der Waals surface area contributed by atoms with Crippen LogP contribution in [-0.2, 0) is 0 Å². The standard InChI is InChI=1S/C19H18F2N4O2/c1-11(2)10-22-18(26)16-15-5-3-4-8-25(15)17(24-16)19(27)23-14-7-6-12(20)9-13(14)21/h3-9,11H,10H2,1-2H3,(H,22,26)(H,23,27). The Hall–Kier alpha value is -3.29. The number of carbonyl (C=O) groups is 2. The molecule has 0 aliphatic heterocycles. The SMILES string of the molecule is CC(C)CNC(=O)c1nc(C(=O)Nc2ccc(F)cc2F)n2ccccc12. The number of benzene rings is 1. The van der Waals surface area contributed by atoms with Crippen LogP contribution in [0.5, 0.6) is 0 Å². The predicted molar refractivity (Wildman–Crippen MR) is 96.7 cm³/mol. The van der Waals surface area contributed by atoms with Crippen molar-refractivity contribution in [2.75, 3.05) is 11.9 Å². The Kier molecular flexibility index (Phi) is 5.16. The van der Waals surface area contributed by atoms with Gasteiger partial charge in [0.05, 0.1) is 11.2 Å². The zero-order valence-corrected chi connectivity index (χ0v) is 14.8. The van der Waals surface area contributed by atoms with E-state index in [1.54, 1.807) is 24.4 Å². The lowest BCUT2D eigenvalue weighted by molar-refractivity contribution is 0.0946. The molecule has 1 aromatic carbocycles. The predicted octanol–water partition coefficient (Wildman–Crippen LogP) is 3.25. The van der Waals surface area contributed by atoms with Crippen molar-refractivity contribution in [2.24, 2.45) is 5.92 Å². The van der Waals surface area contributed by atoms with Crippen LogP contribution in [0.2, 0.25) is 0 Å². The summed E-state index contributed by atoms with van der Waals surface area (Å²) in [6.45, 7) is 4.39. The number of rotatable bonds is 5. The fourth-order valence-electron chi connectivity index (χ4n) is 2.51. The Labute approximate surface area is 154 Å². The van der Waals surface area contributed by atoms with Gasteiger partial charge in [-0.05, 0) is 30.2 Å². The summed E-state index contributed by atoms with van der Waals surface area (Å²) in [5.74, 6) is -2.60. The molecule has 0 saturated heterocycles. The number of nitrogens with one attached hydrogen (secondary N) is 2. The van der Waals surface area contributed by atoms with Crippen molar-refractivity contribution in [3.8, 4) is 0 Å². The second-order valence-electron chi connectivity index (χ2n) is 6.42. The van der Waals surface area contributed by atoms with Crippen molar-refractivity contribution in [3.63, 3.8) is 0 Å². The number of halogens is 2. The topological polar surface area (TPSA) is 75.5 Å². The molecule has 0 saturated carbocycles. The molecule has 0 atom stereocenters. The summed E-state index contributed by atoms with van der Waals surface area (Å²) in [6.07, 6.45) is 1.58. The van der Waals surface area contributed by atoms with Gasteiger partial charge in [0.15, 0.2) is 5.69 Å². The third-order valence-corrected chi connectivity index (χ3v) is 3.82. The van der Waals surface area contributed by atoms with Crippen LogP contribution in [0.1, 0.15) is 35.0 Å². The highest BCUT2D eigenvalue weighted by Gasteiger charge is 2.22. The van der Waals surface area contributed by atoms with E-state index in [9.17, 15) is 18.4 Å². The molecule has 0 aliphatic rings. The normalized spacial score (nSPS) is 11.0. The summed E-state index contributed by atoms with van der Waals surface area (Å²) < 4.78 is 28.3. The van der Waals surface area contributed by atoms with Gasteiger partial charge in [0, 0.05) is 18.8 Å². The first-order valence-electron chi connectivity index (χ1n) is 8.38. The van der Waals surface area contributed by atoms with Gasteiger partial charge >= 0.3 is 0 Å². The molecule has 0 radical (unpaired) electrons. The Morgan fingerprint density at radius 3 is 2.63 bits per heavy atom. The first-order chi connectivity index (χ1) is 12.9. The van der Waals surface area contributed by atoms with Crippen molar-refractivity contribution in [1.29, 1.82) is 0 Å². The van der Waals surface area contributed by atoms with Crippen molar-refractivity contribution in [3.05, 3.63) is 65.7 Å². The van der Waals surface area contributed by atoms with Crippen molar-refractivity contribution >= 4 is 23.0 Å². The monoisotopic (exact) mass is 372 g/mol. The van der Waals surface area contributed by atoms with E-state index in [1.807, 2.05) is 13.8 Å². The average molecular weight is 372 g/mol. The maximum atomic E-state index is 13.8. The van der Waals surface area contributed by atoms with Gasteiger partial charge < -0.3 is 10.6 Å². The minimum atomic E-state index is -0.904. The summed E-state index contributed by atoms with van der Waals surface area (Å²) >= 11 is 0. The summed E-state index contributed by atoms with van der Waals surface area (Å²) in [4.78, 5) is 29.2. The number of hydrogen-bond donors (Lipinski definition) is 2. The maximum Gasteiger partial charge on any atom is 0.292 e. The third kappa shape index (κ3) is 3.94. The van der Waals surface area contributed by atoms with E-state index in [2.05, 4.69) is 15.6 Å². The highest BCUT2D eigenvalue weighted by molar-refractivity contribution is 6.06. The number of pyridine rings is 1. The average Bonchev–Trinajstić information content (AvgIpc) is 3.02. The molecule has 27 heavy (non-hydrogen) atoms. The smallest absolute Gasteiger partial charge is 0.292 e. The summed E-state index contributed by atoms with van der Waals surface area (Å²) in [7, 11) is 0. The van der Waals surface area contributed by atoms with Gasteiger partial charge in [-0.1, -0.05) is 19.9 Å². The molecule has 8 heteroatoms. The molecule has 2 heterocycles. The fourth-order valence-corrected chi connectivity index (χ4v) is 2.51. The molecule has 3 aromatic rings. The molecule has 0 fully saturated rings. The van der Waals surface area contributed by atoms with Crippen molar-refractivity contribution in [1.82, 2.24) is 14.7 Å². The molecule has 2 amide bonds. The van der Waals surface area contributed by atoms with Crippen LogP contribution in [0.25, 0.3) is 5.52 Å². The lowest BCUT2D eigenvalue weighted by Crippen LogP contribution is -2.27. The third-order valence-electron chi connectivity index (χ3n) is 3.82. The largest absolute Gasteiger partial charge is 0.350 e. The van der Waals surface area contributed by atoms with Gasteiger partial charge in [-0.15, -0.1) is 0 Å². The van der Waals surface area contributed by atoms with E-state index in [0.29, 0.717) is 18.1 Å². The number of nitrogens with zero attached hydrogens (tertiary/aromatic N) is 2. The molecular formula is C19H18F2N4O2. The Balaban J connectivity index is 1.94. The van der Waals surface area contributed by atoms with Gasteiger partial charge in [-0.25, -0.2) is 13.8 Å². The zero-order chi connectivity index (χ0) is 19.6. The number of carbonyl (C=O) groups excluding carboxylic acids is 2. The van der Waals surface area contributed by atoms with E-state index in [0.717, 1.165) is 12.1 Å². The molecule has 0 spiro atoms. The van der Waals surface area contributed by atoms with E-state index in [-0.39, 0.29) is 23.1 Å². The number of hydrogen-bond acceptors (Lipinski definition) is 3. The molecule has 0 unspecified atom stereocenters. The van der Waals surface area contributed by atoms with E-state index < -0.39 is 23.4 Å². The number of imidazole rings is 1. The molecule has 140 valence electrons. The van der Waals surface area contributed by atoms with E-state index in [1.165, 1.54) is 4.40 Å². The van der Waals surface area contributed by atoms with E-state index in [4.69, 9.17) is 0 Å². The van der Waals surface area contributed by atoms with Crippen molar-refractivity contribution in [2.45, 2.75) is 13.8 Å². The van der Waals surface area contributed by atoms with Crippen LogP contribution in [0, 0.1) is 17.6 Å². The first-order valence-corrected chi connectivity index (χ1v) is 8.38. The molecule has 0 bridgehead atoms. The minimum Gasteiger partial charge on any atom is -0.350 e. The van der Waals surface area contributed by atoms with Gasteiger partial charge in [0.1, 0.15) is 11.6 Å². The van der Waals surface area contributed by atoms with Crippen LogP contribution in [0.3, 0.4) is 0 Å². The molecule has 2 N–H and O–H groups in total. The summed E-state index contributed by atoms with van der Waals surface area (Å²) in [5, 5.41) is 5.11. The van der Waals surface area contributed by atoms with Crippen molar-refractivity contribution < 1.29 is 18.4 Å². The quantitative estimate of drug-likeness (QED) is 0.722. The minimum absolute atomic E-state index is 0.0796. The lowest BCUT2D eigenvalue weighted by atomic mass is 10.2. The summed E-state index contributed by atoms with van der Waals surface area (Å²) in [6, 6.07) is 7.88. The number of fused-ring (bicyclic) bond motifs is 1. The number of anilines is 1. The summed E-state index contributed by atoms with van der Waals surface area (Å²) in [5.41, 5.74) is 0.365. The molecular weight excluding hydrogens is 354 g/mol. The first kappa shape index (κ1) is 18.5. The van der Waals surface area contributed by atoms with E-state index >= 15 is 0 Å². The van der Waals surface area contributed by atoms with Crippen LogP contribution < -0.4 is 10.6 Å². The van der Waals surface area contributed by atoms with Crippen LogP contribution in [-0.4, -0.2) is 27.7 Å². The lowest BCUT2D eigenvalue weighted by Gasteiger charge is -2.05. The van der Waals surface area contributed by atoms with Gasteiger partial charge in [0.25, 0.3) is 11.8 Å². The second kappa shape index (κ2) is 7.53. The molecule has 3 rings (SSSR count). The van der Waals surface area contributed by atoms with Gasteiger partial charge in [0.2, 0.25) is 5.82 Å². The zero-order valence-electron chi connectivity index (χ0n) is 14.8. The highest BCUT2D eigenvalue weighted by Crippen LogP contribution is 2.18. The molecule has 6 nitrogen and oxygen atoms in total. The molecule has 0 aliphatic carbocycles. The second-order valence-corrected chi connectivity index (χ2v) is 6.42. The van der Waals surface area contributed by atoms with Gasteiger partial charge in [-0.2, -0.15) is 0 Å². The Morgan fingerprint density at radius 2 is 1.93 bits per heavy atom. The highest BCUT2D eigenvalue weighted by atomic mass is 19.1. The van der Waals surface area contributed by atoms with Crippen LogP contribution in [0.4, 0.5) is 14.5 Å². The van der Waals surface area contributed by atoms with Crippen LogP contribution >= 0.6 is 0 Å². The number of aromatic nitrogens is 2. The molecule has 2 aromatic heterocycles.